The Kier molecular flexibility index (Phi) is 6.64. The predicted molar refractivity (Wildman–Crippen MR) is 94.7 cm³/mol. The summed E-state index contributed by atoms with van der Waals surface area (Å²) in [7, 11) is 3.24. The number of allylic oxidation sites excluding steroid dienone is 1. The highest BCUT2D eigenvalue weighted by molar-refractivity contribution is 5.99. The Hall–Kier alpha value is -2.49. The number of anilines is 1. The molecule has 1 unspecified atom stereocenters. The van der Waals surface area contributed by atoms with Crippen molar-refractivity contribution in [3.63, 3.8) is 0 Å². The summed E-state index contributed by atoms with van der Waals surface area (Å²) in [6.07, 6.45) is 1.87. The van der Waals surface area contributed by atoms with Crippen LogP contribution in [0.3, 0.4) is 0 Å². The van der Waals surface area contributed by atoms with E-state index in [2.05, 4.69) is 22.8 Å². The van der Waals surface area contributed by atoms with Crippen LogP contribution in [-0.4, -0.2) is 26.0 Å². The molecule has 0 saturated carbocycles. The van der Waals surface area contributed by atoms with Crippen LogP contribution in [-0.2, 0) is 9.53 Å². The number of ether oxygens (including phenoxy) is 2. The van der Waals surface area contributed by atoms with Gasteiger partial charge in [-0.3, -0.25) is 4.79 Å². The van der Waals surface area contributed by atoms with E-state index >= 15 is 0 Å². The van der Waals surface area contributed by atoms with Crippen molar-refractivity contribution in [3.05, 3.63) is 60.5 Å². The molecule has 0 aromatic heterocycles. The summed E-state index contributed by atoms with van der Waals surface area (Å²) in [5, 5.41) is 0. The number of benzene rings is 1. The maximum absolute atomic E-state index is 11.5. The second kappa shape index (κ2) is 8.22. The van der Waals surface area contributed by atoms with Gasteiger partial charge in [-0.1, -0.05) is 13.2 Å². The summed E-state index contributed by atoms with van der Waals surface area (Å²) in [5.41, 5.74) is 2.61. The highest BCUT2D eigenvalue weighted by atomic mass is 16.5. The lowest BCUT2D eigenvalue weighted by molar-refractivity contribution is -0.113. The van der Waals surface area contributed by atoms with Gasteiger partial charge in [0.1, 0.15) is 5.75 Å². The quantitative estimate of drug-likeness (QED) is 0.784. The lowest BCUT2D eigenvalue weighted by Gasteiger charge is -2.22. The van der Waals surface area contributed by atoms with Gasteiger partial charge in [0.25, 0.3) is 0 Å². The molecule has 0 amide bonds. The summed E-state index contributed by atoms with van der Waals surface area (Å²) in [5.74, 6) is 1.63. The maximum atomic E-state index is 11.5. The van der Waals surface area contributed by atoms with Gasteiger partial charge in [-0.25, -0.2) is 0 Å². The molecule has 4 nitrogen and oxygen atoms in total. The molecule has 0 N–H and O–H groups in total. The molecule has 1 aliphatic rings. The maximum Gasteiger partial charge on any atom is 0.161 e. The van der Waals surface area contributed by atoms with Gasteiger partial charge in [0, 0.05) is 17.5 Å². The molecule has 0 aliphatic carbocycles. The Morgan fingerprint density at radius 1 is 1.17 bits per heavy atom. The zero-order valence-corrected chi connectivity index (χ0v) is 14.6. The van der Waals surface area contributed by atoms with Crippen LogP contribution in [0.5, 0.6) is 5.75 Å². The molecule has 1 aromatic carbocycles. The van der Waals surface area contributed by atoms with E-state index in [-0.39, 0.29) is 11.8 Å². The lowest BCUT2D eigenvalue weighted by atomic mass is 10.0. The van der Waals surface area contributed by atoms with Crippen molar-refractivity contribution in [1.29, 1.82) is 0 Å². The fraction of sp³-hybridized carbons (Fsp3) is 0.316. The van der Waals surface area contributed by atoms with E-state index in [1.165, 1.54) is 0 Å². The number of carbonyl (C=O) groups excluding carboxylic acids is 1. The van der Waals surface area contributed by atoms with Crippen molar-refractivity contribution >= 4 is 11.5 Å². The summed E-state index contributed by atoms with van der Waals surface area (Å²) in [4.78, 5) is 13.6. The van der Waals surface area contributed by atoms with E-state index in [1.807, 2.05) is 37.4 Å². The SMILES string of the molecule is C=C(C)OC.C=C1C(C(C)=O)=CN(c2ccc(OC)cc2)C1C. The molecule has 0 fully saturated rings. The number of ketones is 1. The van der Waals surface area contributed by atoms with Gasteiger partial charge in [0.05, 0.1) is 26.0 Å². The van der Waals surface area contributed by atoms with Gasteiger partial charge >= 0.3 is 0 Å². The largest absolute Gasteiger partial charge is 0.502 e. The molecule has 1 aliphatic heterocycles. The summed E-state index contributed by atoms with van der Waals surface area (Å²) >= 11 is 0. The number of Topliss-reactive ketones (excluding diaryl/α,β-unsaturated/α-hetero) is 1. The molecular weight excluding hydrogens is 290 g/mol. The first-order valence-electron chi connectivity index (χ1n) is 7.35. The van der Waals surface area contributed by atoms with Gasteiger partial charge in [0.15, 0.2) is 5.78 Å². The lowest BCUT2D eigenvalue weighted by Crippen LogP contribution is -2.24. The average Bonchev–Trinajstić information content (AvgIpc) is 2.84. The zero-order valence-electron chi connectivity index (χ0n) is 14.6. The van der Waals surface area contributed by atoms with Crippen LogP contribution in [0.1, 0.15) is 20.8 Å². The van der Waals surface area contributed by atoms with E-state index in [0.717, 1.165) is 22.8 Å². The number of rotatable bonds is 4. The first kappa shape index (κ1) is 18.6. The smallest absolute Gasteiger partial charge is 0.161 e. The van der Waals surface area contributed by atoms with Crippen LogP contribution >= 0.6 is 0 Å². The van der Waals surface area contributed by atoms with E-state index < -0.39 is 0 Å². The standard InChI is InChI=1S/C15H17NO2.C4H8O/c1-10-11(2)16(9-15(10)12(3)17)13-5-7-14(18-4)8-6-13;1-4(2)5-3/h5-9,11H,1H2,2-4H3;1H2,2-3H3. The Labute approximate surface area is 138 Å². The second-order valence-electron chi connectivity index (χ2n) is 5.31. The molecule has 23 heavy (non-hydrogen) atoms. The van der Waals surface area contributed by atoms with Crippen molar-refractivity contribution in [2.45, 2.75) is 26.8 Å². The molecule has 1 heterocycles. The van der Waals surface area contributed by atoms with E-state index in [9.17, 15) is 4.79 Å². The second-order valence-corrected chi connectivity index (χ2v) is 5.31. The fourth-order valence-corrected chi connectivity index (χ4v) is 2.10. The minimum atomic E-state index is 0.0582. The highest BCUT2D eigenvalue weighted by Crippen LogP contribution is 2.32. The van der Waals surface area contributed by atoms with Crippen molar-refractivity contribution in [2.24, 2.45) is 0 Å². The summed E-state index contributed by atoms with van der Waals surface area (Å²) in [6.45, 7) is 12.9. The Morgan fingerprint density at radius 3 is 2.04 bits per heavy atom. The van der Waals surface area contributed by atoms with E-state index in [4.69, 9.17) is 4.74 Å². The molecule has 4 heteroatoms. The summed E-state index contributed by atoms with van der Waals surface area (Å²) < 4.78 is 9.69. The van der Waals surface area contributed by atoms with Crippen molar-refractivity contribution < 1.29 is 14.3 Å². The Morgan fingerprint density at radius 2 is 1.70 bits per heavy atom. The number of hydrogen-bond donors (Lipinski definition) is 0. The average molecular weight is 315 g/mol. The fourth-order valence-electron chi connectivity index (χ4n) is 2.10. The molecule has 2 rings (SSSR count). The van der Waals surface area contributed by atoms with Crippen molar-refractivity contribution in [1.82, 2.24) is 0 Å². The minimum absolute atomic E-state index is 0.0582. The minimum Gasteiger partial charge on any atom is -0.502 e. The van der Waals surface area contributed by atoms with Gasteiger partial charge < -0.3 is 14.4 Å². The first-order chi connectivity index (χ1) is 10.8. The first-order valence-corrected chi connectivity index (χ1v) is 7.35. The van der Waals surface area contributed by atoms with Gasteiger partial charge in [-0.15, -0.1) is 0 Å². The number of carbonyl (C=O) groups is 1. The molecule has 0 spiro atoms. The number of methoxy groups -OCH3 is 2. The van der Waals surface area contributed by atoms with Crippen LogP contribution in [0.25, 0.3) is 0 Å². The van der Waals surface area contributed by atoms with Crippen LogP contribution < -0.4 is 9.64 Å². The number of nitrogens with zero attached hydrogens (tertiary/aromatic N) is 1. The molecule has 0 radical (unpaired) electrons. The van der Waals surface area contributed by atoms with Crippen molar-refractivity contribution in [3.8, 4) is 5.75 Å². The third-order valence-electron chi connectivity index (χ3n) is 3.63. The molecule has 1 atom stereocenters. The van der Waals surface area contributed by atoms with Crippen molar-refractivity contribution in [2.75, 3.05) is 19.1 Å². The van der Waals surface area contributed by atoms with Crippen LogP contribution in [0.4, 0.5) is 5.69 Å². The molecular formula is C19H25NO3. The van der Waals surface area contributed by atoms with E-state index in [0.29, 0.717) is 5.57 Å². The monoisotopic (exact) mass is 315 g/mol. The topological polar surface area (TPSA) is 38.8 Å². The third kappa shape index (κ3) is 4.74. The predicted octanol–water partition coefficient (Wildman–Crippen LogP) is 4.10. The Balaban J connectivity index is 0.000000463. The van der Waals surface area contributed by atoms with Gasteiger partial charge in [0.2, 0.25) is 0 Å². The highest BCUT2D eigenvalue weighted by Gasteiger charge is 2.27. The van der Waals surface area contributed by atoms with Gasteiger partial charge in [-0.05, 0) is 50.6 Å². The van der Waals surface area contributed by atoms with E-state index in [1.54, 1.807) is 28.1 Å². The van der Waals surface area contributed by atoms with Crippen LogP contribution in [0.2, 0.25) is 0 Å². The zero-order chi connectivity index (χ0) is 17.6. The summed E-state index contributed by atoms with van der Waals surface area (Å²) in [6, 6.07) is 7.87. The third-order valence-corrected chi connectivity index (χ3v) is 3.63. The van der Waals surface area contributed by atoms with Crippen LogP contribution in [0.15, 0.2) is 60.5 Å². The molecule has 124 valence electrons. The van der Waals surface area contributed by atoms with Gasteiger partial charge in [-0.2, -0.15) is 0 Å². The normalized spacial score (nSPS) is 16.2. The number of hydrogen-bond acceptors (Lipinski definition) is 4. The molecule has 0 saturated heterocycles. The molecule has 1 aromatic rings. The van der Waals surface area contributed by atoms with Crippen LogP contribution in [0, 0.1) is 0 Å². The Bertz CT molecular complexity index is 614. The molecule has 0 bridgehead atoms.